The summed E-state index contributed by atoms with van der Waals surface area (Å²) in [7, 11) is 0. The molecule has 2 aromatic rings. The highest BCUT2D eigenvalue weighted by atomic mass is 35.5. The number of guanidine groups is 1. The lowest BCUT2D eigenvalue weighted by atomic mass is 10.2. The lowest BCUT2D eigenvalue weighted by Crippen LogP contribution is -2.21. The molecule has 0 bridgehead atoms. The van der Waals surface area contributed by atoms with Crippen molar-refractivity contribution in [2.45, 2.75) is 6.61 Å². The highest BCUT2D eigenvalue weighted by molar-refractivity contribution is 6.35. The Kier molecular flexibility index (Phi) is 5.63. The zero-order valence-corrected chi connectivity index (χ0v) is 13.1. The highest BCUT2D eigenvalue weighted by Crippen LogP contribution is 2.22. The molecule has 0 spiro atoms. The Bertz CT molecular complexity index is 712. The normalized spacial score (nSPS) is 10.6. The van der Waals surface area contributed by atoms with Crippen molar-refractivity contribution in [3.8, 4) is 5.75 Å². The molecule has 0 heterocycles. The minimum absolute atomic E-state index is 0.0963. The maximum atomic E-state index is 6.10. The van der Waals surface area contributed by atoms with Gasteiger partial charge in [0.2, 0.25) is 5.96 Å². The van der Waals surface area contributed by atoms with Gasteiger partial charge in [-0.1, -0.05) is 41.4 Å². The predicted molar refractivity (Wildman–Crippen MR) is 90.6 cm³/mol. The molecule has 0 atom stereocenters. The van der Waals surface area contributed by atoms with E-state index in [9.17, 15) is 0 Å². The number of rotatable bonds is 5. The van der Waals surface area contributed by atoms with Gasteiger partial charge in [0.05, 0.1) is 6.21 Å². The second-order valence-electron chi connectivity index (χ2n) is 4.37. The molecular weight excluding hydrogens is 323 g/mol. The fourth-order valence-electron chi connectivity index (χ4n) is 1.65. The Morgan fingerprint density at radius 3 is 2.68 bits per heavy atom. The second kappa shape index (κ2) is 7.68. The van der Waals surface area contributed by atoms with E-state index in [2.05, 4.69) is 10.2 Å². The molecule has 2 rings (SSSR count). The molecular formula is C15H14Cl2N4O. The molecule has 0 amide bonds. The van der Waals surface area contributed by atoms with E-state index < -0.39 is 0 Å². The third-order valence-corrected chi connectivity index (χ3v) is 3.23. The van der Waals surface area contributed by atoms with Crippen LogP contribution in [0.25, 0.3) is 0 Å². The van der Waals surface area contributed by atoms with Crippen molar-refractivity contribution in [3.63, 3.8) is 0 Å². The quantitative estimate of drug-likeness (QED) is 0.499. The van der Waals surface area contributed by atoms with Gasteiger partial charge in [0.15, 0.2) is 0 Å². The van der Waals surface area contributed by atoms with Crippen molar-refractivity contribution in [3.05, 3.63) is 63.6 Å². The fourth-order valence-corrected chi connectivity index (χ4v) is 2.11. The van der Waals surface area contributed by atoms with Crippen LogP contribution in [0.4, 0.5) is 0 Å². The molecule has 0 saturated heterocycles. The smallest absolute Gasteiger partial charge is 0.211 e. The number of hydrogen-bond donors (Lipinski definition) is 2. The van der Waals surface area contributed by atoms with Gasteiger partial charge < -0.3 is 16.2 Å². The molecule has 0 fully saturated rings. The minimum atomic E-state index is -0.0963. The molecule has 0 unspecified atom stereocenters. The zero-order chi connectivity index (χ0) is 15.9. The van der Waals surface area contributed by atoms with Crippen LogP contribution in [0.1, 0.15) is 11.1 Å². The average Bonchev–Trinajstić information content (AvgIpc) is 2.46. The molecule has 0 aliphatic heterocycles. The number of nitrogens with two attached hydrogens (primary N) is 2. The Labute approximate surface area is 138 Å². The first-order valence-electron chi connectivity index (χ1n) is 6.33. The molecule has 4 N–H and O–H groups in total. The summed E-state index contributed by atoms with van der Waals surface area (Å²) in [5.74, 6) is 0.584. The summed E-state index contributed by atoms with van der Waals surface area (Å²) < 4.78 is 5.71. The van der Waals surface area contributed by atoms with Gasteiger partial charge in [0.1, 0.15) is 12.4 Å². The maximum absolute atomic E-state index is 6.10. The van der Waals surface area contributed by atoms with E-state index in [0.717, 1.165) is 11.1 Å². The minimum Gasteiger partial charge on any atom is -0.489 e. The summed E-state index contributed by atoms with van der Waals surface area (Å²) >= 11 is 12.0. The van der Waals surface area contributed by atoms with Crippen LogP contribution in [0, 0.1) is 0 Å². The first-order chi connectivity index (χ1) is 10.5. The summed E-state index contributed by atoms with van der Waals surface area (Å²) in [4.78, 5) is 0. The van der Waals surface area contributed by atoms with Crippen molar-refractivity contribution in [2.24, 2.45) is 21.7 Å². The van der Waals surface area contributed by atoms with Crippen molar-refractivity contribution < 1.29 is 4.74 Å². The van der Waals surface area contributed by atoms with E-state index in [1.54, 1.807) is 12.1 Å². The second-order valence-corrected chi connectivity index (χ2v) is 5.21. The molecule has 114 valence electrons. The molecule has 7 heteroatoms. The van der Waals surface area contributed by atoms with Crippen LogP contribution in [-0.4, -0.2) is 12.2 Å². The molecule has 0 radical (unpaired) electrons. The van der Waals surface area contributed by atoms with Crippen molar-refractivity contribution in [1.82, 2.24) is 0 Å². The Balaban J connectivity index is 2.04. The van der Waals surface area contributed by atoms with Gasteiger partial charge in [-0.05, 0) is 29.8 Å². The number of halogens is 2. The highest BCUT2D eigenvalue weighted by Gasteiger charge is 2.03. The van der Waals surface area contributed by atoms with E-state index in [1.807, 2.05) is 30.3 Å². The first kappa shape index (κ1) is 16.1. The van der Waals surface area contributed by atoms with E-state index in [-0.39, 0.29) is 5.96 Å². The van der Waals surface area contributed by atoms with Crippen LogP contribution in [-0.2, 0) is 6.61 Å². The summed E-state index contributed by atoms with van der Waals surface area (Å²) in [6.45, 7) is 0.338. The standard InChI is InChI=1S/C15H14Cl2N4O/c16-12-5-4-11(14(17)7-12)9-22-13-3-1-2-10(6-13)8-20-21-15(18)19/h1-8H,9H2,(H4,18,19,21)/b20-8+. The molecule has 22 heavy (non-hydrogen) atoms. The summed E-state index contributed by atoms with van der Waals surface area (Å²) in [5, 5.41) is 8.44. The van der Waals surface area contributed by atoms with E-state index in [0.29, 0.717) is 22.4 Å². The van der Waals surface area contributed by atoms with E-state index in [1.165, 1.54) is 6.21 Å². The van der Waals surface area contributed by atoms with E-state index in [4.69, 9.17) is 39.4 Å². The third-order valence-electron chi connectivity index (χ3n) is 2.65. The molecule has 5 nitrogen and oxygen atoms in total. The topological polar surface area (TPSA) is 86.0 Å². The monoisotopic (exact) mass is 336 g/mol. The van der Waals surface area contributed by atoms with Gasteiger partial charge in [-0.25, -0.2) is 0 Å². The largest absolute Gasteiger partial charge is 0.489 e. The van der Waals surface area contributed by atoms with Crippen LogP contribution in [0.5, 0.6) is 5.75 Å². The average molecular weight is 337 g/mol. The maximum Gasteiger partial charge on any atom is 0.211 e. The van der Waals surface area contributed by atoms with E-state index >= 15 is 0 Å². The first-order valence-corrected chi connectivity index (χ1v) is 7.09. The van der Waals surface area contributed by atoms with Gasteiger partial charge in [-0.15, -0.1) is 5.10 Å². The van der Waals surface area contributed by atoms with Crippen LogP contribution < -0.4 is 16.2 Å². The molecule has 0 saturated carbocycles. The molecule has 0 aliphatic carbocycles. The Hall–Kier alpha value is -2.24. The summed E-state index contributed by atoms with van der Waals surface area (Å²) in [6.07, 6.45) is 1.53. The number of hydrogen-bond acceptors (Lipinski definition) is 3. The molecule has 0 aromatic heterocycles. The molecule has 2 aromatic carbocycles. The van der Waals surface area contributed by atoms with Crippen LogP contribution in [0.3, 0.4) is 0 Å². The number of benzene rings is 2. The number of nitrogens with zero attached hydrogens (tertiary/aromatic N) is 2. The van der Waals surface area contributed by atoms with Gasteiger partial charge in [-0.3, -0.25) is 0 Å². The predicted octanol–water partition coefficient (Wildman–Crippen LogP) is 3.18. The van der Waals surface area contributed by atoms with Gasteiger partial charge in [-0.2, -0.15) is 5.10 Å². The number of ether oxygens (including phenoxy) is 1. The van der Waals surface area contributed by atoms with Crippen LogP contribution >= 0.6 is 23.2 Å². The Morgan fingerprint density at radius 1 is 1.14 bits per heavy atom. The lowest BCUT2D eigenvalue weighted by molar-refractivity contribution is 0.306. The van der Waals surface area contributed by atoms with Crippen molar-refractivity contribution >= 4 is 35.4 Å². The third kappa shape index (κ3) is 4.95. The van der Waals surface area contributed by atoms with Gasteiger partial charge in [0, 0.05) is 15.6 Å². The van der Waals surface area contributed by atoms with Crippen LogP contribution in [0.15, 0.2) is 52.7 Å². The van der Waals surface area contributed by atoms with Crippen molar-refractivity contribution in [1.29, 1.82) is 0 Å². The lowest BCUT2D eigenvalue weighted by Gasteiger charge is -2.08. The zero-order valence-electron chi connectivity index (χ0n) is 11.5. The Morgan fingerprint density at radius 2 is 1.95 bits per heavy atom. The SMILES string of the molecule is NC(N)=N/N=C/c1cccc(OCc2ccc(Cl)cc2Cl)c1. The van der Waals surface area contributed by atoms with Gasteiger partial charge in [0.25, 0.3) is 0 Å². The molecule has 0 aliphatic rings. The fraction of sp³-hybridized carbons (Fsp3) is 0.0667. The van der Waals surface area contributed by atoms with Gasteiger partial charge >= 0.3 is 0 Å². The summed E-state index contributed by atoms with van der Waals surface area (Å²) in [6, 6.07) is 12.6. The van der Waals surface area contributed by atoms with Crippen molar-refractivity contribution in [2.75, 3.05) is 0 Å². The van der Waals surface area contributed by atoms with Crippen LogP contribution in [0.2, 0.25) is 10.0 Å². The summed E-state index contributed by atoms with van der Waals surface area (Å²) in [5.41, 5.74) is 12.0.